The summed E-state index contributed by atoms with van der Waals surface area (Å²) in [4.78, 5) is 2.40. The van der Waals surface area contributed by atoms with Crippen LogP contribution in [0, 0.1) is 20.8 Å². The summed E-state index contributed by atoms with van der Waals surface area (Å²) in [5, 5.41) is 4.66. The molecule has 0 amide bonds. The molecule has 0 aliphatic rings. The lowest BCUT2D eigenvalue weighted by Gasteiger charge is -2.28. The Kier molecular flexibility index (Phi) is 7.48. The van der Waals surface area contributed by atoms with E-state index in [1.165, 1.54) is 49.6 Å². The number of aromatic nitrogens is 1. The van der Waals surface area contributed by atoms with Gasteiger partial charge in [0.1, 0.15) is 11.2 Å². The van der Waals surface area contributed by atoms with E-state index in [0.717, 1.165) is 55.8 Å². The van der Waals surface area contributed by atoms with Gasteiger partial charge < -0.3 is 13.9 Å². The number of fused-ring (bicyclic) bond motifs is 6. The lowest BCUT2D eigenvalue weighted by molar-refractivity contribution is 0.670. The van der Waals surface area contributed by atoms with Crippen LogP contribution >= 0.6 is 0 Å². The van der Waals surface area contributed by atoms with Gasteiger partial charge in [0.15, 0.2) is 0 Å². The molecule has 2 aromatic heterocycles. The quantitative estimate of drug-likeness (QED) is 0.173. The van der Waals surface area contributed by atoms with E-state index in [0.29, 0.717) is 0 Å². The first-order chi connectivity index (χ1) is 26.5. The Hall–Kier alpha value is -6.84. The average molecular weight is 695 g/mol. The second-order valence-corrected chi connectivity index (χ2v) is 14.3. The first kappa shape index (κ1) is 31.9. The highest BCUT2D eigenvalue weighted by Crippen LogP contribution is 2.46. The number of aryl methyl sites for hydroxylation is 3. The maximum atomic E-state index is 6.82. The topological polar surface area (TPSA) is 21.3 Å². The van der Waals surface area contributed by atoms with E-state index in [2.05, 4.69) is 206 Å². The first-order valence-corrected chi connectivity index (χ1v) is 18.6. The van der Waals surface area contributed by atoms with Gasteiger partial charge in [0.05, 0.1) is 16.7 Å². The zero-order chi connectivity index (χ0) is 36.3. The van der Waals surface area contributed by atoms with Crippen molar-refractivity contribution in [1.29, 1.82) is 0 Å². The van der Waals surface area contributed by atoms with E-state index in [1.807, 2.05) is 0 Å². The summed E-state index contributed by atoms with van der Waals surface area (Å²) in [6, 6.07) is 63.4. The largest absolute Gasteiger partial charge is 0.455 e. The number of furan rings is 1. The molecule has 0 radical (unpaired) electrons. The van der Waals surface area contributed by atoms with E-state index in [1.54, 1.807) is 0 Å². The summed E-state index contributed by atoms with van der Waals surface area (Å²) in [6.07, 6.45) is 0. The molecule has 3 heteroatoms. The Morgan fingerprint density at radius 3 is 1.72 bits per heavy atom. The maximum Gasteiger partial charge on any atom is 0.143 e. The molecular weight excluding hydrogens is 657 g/mol. The fourth-order valence-corrected chi connectivity index (χ4v) is 8.49. The van der Waals surface area contributed by atoms with Crippen LogP contribution in [0.1, 0.15) is 16.7 Å². The van der Waals surface area contributed by atoms with Crippen molar-refractivity contribution in [2.75, 3.05) is 4.90 Å². The lowest BCUT2D eigenvalue weighted by Crippen LogP contribution is -2.11. The van der Waals surface area contributed by atoms with Crippen molar-refractivity contribution in [3.8, 4) is 27.9 Å². The third kappa shape index (κ3) is 5.12. The zero-order valence-corrected chi connectivity index (χ0v) is 30.5. The average Bonchev–Trinajstić information content (AvgIpc) is 3.75. The van der Waals surface area contributed by atoms with Gasteiger partial charge in [-0.25, -0.2) is 0 Å². The molecule has 0 unspecified atom stereocenters. The normalized spacial score (nSPS) is 11.6. The van der Waals surface area contributed by atoms with E-state index < -0.39 is 0 Å². The molecule has 0 aliphatic carbocycles. The van der Waals surface area contributed by atoms with E-state index >= 15 is 0 Å². The van der Waals surface area contributed by atoms with Gasteiger partial charge in [-0.05, 0) is 104 Å². The number of hydrogen-bond donors (Lipinski definition) is 0. The molecular formula is C51H38N2O. The third-order valence-electron chi connectivity index (χ3n) is 10.9. The number of hydrogen-bond acceptors (Lipinski definition) is 2. The Balaban J connectivity index is 1.27. The fourth-order valence-electron chi connectivity index (χ4n) is 8.49. The van der Waals surface area contributed by atoms with Crippen LogP contribution in [0.15, 0.2) is 180 Å². The van der Waals surface area contributed by atoms with Gasteiger partial charge in [-0.2, -0.15) is 0 Å². The molecule has 0 spiro atoms. The summed E-state index contributed by atoms with van der Waals surface area (Å²) >= 11 is 0. The van der Waals surface area contributed by atoms with Crippen LogP contribution in [0.25, 0.3) is 71.7 Å². The number of benzene rings is 8. The molecule has 0 saturated carbocycles. The molecule has 0 fully saturated rings. The molecule has 2 heterocycles. The van der Waals surface area contributed by atoms with Crippen molar-refractivity contribution in [2.24, 2.45) is 0 Å². The van der Waals surface area contributed by atoms with Crippen LogP contribution < -0.4 is 4.90 Å². The minimum Gasteiger partial charge on any atom is -0.455 e. The van der Waals surface area contributed by atoms with Crippen LogP contribution in [-0.4, -0.2) is 4.57 Å². The third-order valence-corrected chi connectivity index (χ3v) is 10.9. The Labute approximate surface area is 315 Å². The van der Waals surface area contributed by atoms with Gasteiger partial charge >= 0.3 is 0 Å². The summed E-state index contributed by atoms with van der Waals surface area (Å²) in [5.74, 6) is 0. The second-order valence-electron chi connectivity index (χ2n) is 14.3. The molecule has 3 nitrogen and oxygen atoms in total. The molecule has 0 atom stereocenters. The van der Waals surface area contributed by atoms with Gasteiger partial charge in [-0.1, -0.05) is 121 Å². The summed E-state index contributed by atoms with van der Waals surface area (Å²) in [5.41, 5.74) is 16.8. The Morgan fingerprint density at radius 1 is 0.444 bits per heavy atom. The van der Waals surface area contributed by atoms with Crippen molar-refractivity contribution < 1.29 is 4.42 Å². The maximum absolute atomic E-state index is 6.82. The number of anilines is 3. The van der Waals surface area contributed by atoms with E-state index in [4.69, 9.17) is 4.42 Å². The van der Waals surface area contributed by atoms with Crippen molar-refractivity contribution in [2.45, 2.75) is 20.8 Å². The first-order valence-electron chi connectivity index (χ1n) is 18.6. The second kappa shape index (κ2) is 12.7. The lowest BCUT2D eigenvalue weighted by atomic mass is 9.94. The van der Waals surface area contributed by atoms with Crippen molar-refractivity contribution >= 4 is 60.8 Å². The minimum atomic E-state index is 0.876. The van der Waals surface area contributed by atoms with Crippen molar-refractivity contribution in [3.05, 3.63) is 193 Å². The highest BCUT2D eigenvalue weighted by atomic mass is 16.3. The van der Waals surface area contributed by atoms with Gasteiger partial charge in [0.25, 0.3) is 0 Å². The predicted molar refractivity (Wildman–Crippen MR) is 228 cm³/mol. The van der Waals surface area contributed by atoms with Crippen LogP contribution in [0.3, 0.4) is 0 Å². The molecule has 54 heavy (non-hydrogen) atoms. The molecule has 10 aromatic rings. The van der Waals surface area contributed by atoms with Crippen LogP contribution in [0.2, 0.25) is 0 Å². The van der Waals surface area contributed by atoms with E-state index in [-0.39, 0.29) is 0 Å². The zero-order valence-electron chi connectivity index (χ0n) is 30.5. The van der Waals surface area contributed by atoms with Gasteiger partial charge in [-0.15, -0.1) is 0 Å². The van der Waals surface area contributed by atoms with E-state index in [9.17, 15) is 0 Å². The van der Waals surface area contributed by atoms with Crippen LogP contribution in [0.4, 0.5) is 17.1 Å². The molecule has 8 aromatic carbocycles. The molecule has 0 aliphatic heterocycles. The summed E-state index contributed by atoms with van der Waals surface area (Å²) in [6.45, 7) is 6.60. The minimum absolute atomic E-state index is 0.876. The standard InChI is InChI=1S/C51H38N2O/c1-33-25-27-37(28-26-33)52(38-29-34(2)50(35(3)30-38)36-15-5-4-6-16-36)39-31-44(51-45(32-39)43-20-10-14-24-49(43)54-51)42-19-9-13-23-48(42)53-46-21-11-7-17-40(46)41-18-8-12-22-47(41)53/h4-32H,1-3H3. The molecule has 0 bridgehead atoms. The fraction of sp³-hybridized carbons (Fsp3) is 0.0588. The predicted octanol–water partition coefficient (Wildman–Crippen LogP) is 14.4. The van der Waals surface area contributed by atoms with Gasteiger partial charge in [-0.3, -0.25) is 0 Å². The smallest absolute Gasteiger partial charge is 0.143 e. The van der Waals surface area contributed by atoms with Gasteiger partial charge in [0.2, 0.25) is 0 Å². The van der Waals surface area contributed by atoms with Crippen LogP contribution in [-0.2, 0) is 0 Å². The highest BCUT2D eigenvalue weighted by molar-refractivity contribution is 6.13. The van der Waals surface area contributed by atoms with Gasteiger partial charge in [0, 0.05) is 49.7 Å². The SMILES string of the molecule is Cc1ccc(N(c2cc(C)c(-c3ccccc3)c(C)c2)c2cc(-c3ccccc3-n3c4ccccc4c4ccccc43)c3oc4ccccc4c3c2)cc1. The number of rotatable bonds is 6. The molecule has 258 valence electrons. The number of para-hydroxylation sites is 4. The Morgan fingerprint density at radius 2 is 1.02 bits per heavy atom. The highest BCUT2D eigenvalue weighted by Gasteiger charge is 2.23. The monoisotopic (exact) mass is 694 g/mol. The van der Waals surface area contributed by atoms with Crippen LogP contribution in [0.5, 0.6) is 0 Å². The number of nitrogens with zero attached hydrogens (tertiary/aromatic N) is 2. The Bertz CT molecular complexity index is 2940. The summed E-state index contributed by atoms with van der Waals surface area (Å²) in [7, 11) is 0. The molecule has 0 N–H and O–H groups in total. The summed E-state index contributed by atoms with van der Waals surface area (Å²) < 4.78 is 9.23. The van der Waals surface area contributed by atoms with Crippen molar-refractivity contribution in [1.82, 2.24) is 4.57 Å². The molecule has 10 rings (SSSR count). The van der Waals surface area contributed by atoms with Crippen molar-refractivity contribution in [3.63, 3.8) is 0 Å². The molecule has 0 saturated heterocycles.